The predicted molar refractivity (Wildman–Crippen MR) is 53.9 cm³/mol. The molecule has 1 atom stereocenters. The first-order valence-corrected chi connectivity index (χ1v) is 4.98. The molecule has 1 unspecified atom stereocenters. The molecule has 0 aromatic rings. The summed E-state index contributed by atoms with van der Waals surface area (Å²) < 4.78 is 0. The summed E-state index contributed by atoms with van der Waals surface area (Å²) in [5, 5.41) is 10.2. The van der Waals surface area contributed by atoms with E-state index < -0.39 is 0 Å². The monoisotopic (exact) mass is 182 g/mol. The smallest absolute Gasteiger partial charge is 0.191 e. The van der Waals surface area contributed by atoms with E-state index in [4.69, 9.17) is 0 Å². The molecule has 0 saturated carbocycles. The van der Waals surface area contributed by atoms with Gasteiger partial charge in [0.05, 0.1) is 6.54 Å². The second-order valence-corrected chi connectivity index (χ2v) is 4.29. The lowest BCUT2D eigenvalue weighted by Gasteiger charge is -2.28. The van der Waals surface area contributed by atoms with Gasteiger partial charge in [-0.2, -0.15) is 0 Å². The van der Waals surface area contributed by atoms with Crippen LogP contribution in [0.1, 0.15) is 20.3 Å². The third-order valence-electron chi connectivity index (χ3n) is 2.87. The van der Waals surface area contributed by atoms with Crippen molar-refractivity contribution in [1.82, 2.24) is 16.0 Å². The van der Waals surface area contributed by atoms with Crippen molar-refractivity contribution in [2.24, 2.45) is 4.99 Å². The standard InChI is InChI=1S/C9H18N4/c1-9(2)7(3-4-12-9)13-8-10-5-6-11-8/h7,12H,3-6H2,1-2H3,(H2,10,11,13). The molecule has 2 rings (SSSR count). The summed E-state index contributed by atoms with van der Waals surface area (Å²) in [6.07, 6.45) is 1.17. The molecule has 4 heteroatoms. The van der Waals surface area contributed by atoms with Crippen LogP contribution in [0.2, 0.25) is 0 Å². The molecule has 0 radical (unpaired) electrons. The fraction of sp³-hybridized carbons (Fsp3) is 0.889. The summed E-state index contributed by atoms with van der Waals surface area (Å²) >= 11 is 0. The van der Waals surface area contributed by atoms with Crippen molar-refractivity contribution in [3.8, 4) is 0 Å². The maximum atomic E-state index is 4.33. The molecule has 1 fully saturated rings. The predicted octanol–water partition coefficient (Wildman–Crippen LogP) is -0.324. The highest BCUT2D eigenvalue weighted by Gasteiger charge is 2.34. The van der Waals surface area contributed by atoms with E-state index in [1.165, 1.54) is 6.42 Å². The Morgan fingerprint density at radius 2 is 2.31 bits per heavy atom. The summed E-state index contributed by atoms with van der Waals surface area (Å²) in [6, 6.07) is 0.497. The van der Waals surface area contributed by atoms with Gasteiger partial charge in [-0.05, 0) is 26.8 Å². The van der Waals surface area contributed by atoms with Gasteiger partial charge in [0, 0.05) is 18.1 Å². The summed E-state index contributed by atoms with van der Waals surface area (Å²) in [6.45, 7) is 7.43. The van der Waals surface area contributed by atoms with Gasteiger partial charge in [-0.25, -0.2) is 0 Å². The van der Waals surface area contributed by atoms with E-state index in [0.717, 1.165) is 25.6 Å². The first kappa shape index (κ1) is 8.81. The van der Waals surface area contributed by atoms with Crippen molar-refractivity contribution in [3.63, 3.8) is 0 Å². The summed E-state index contributed by atoms with van der Waals surface area (Å²) in [5.74, 6) is 0.974. The lowest BCUT2D eigenvalue weighted by molar-refractivity contribution is 0.384. The first-order valence-electron chi connectivity index (χ1n) is 4.98. The fourth-order valence-electron chi connectivity index (χ4n) is 1.93. The Bertz CT molecular complexity index is 222. The molecular formula is C9H18N4. The van der Waals surface area contributed by atoms with Crippen LogP contribution in [0.3, 0.4) is 0 Å². The molecule has 0 bridgehead atoms. The molecule has 0 aliphatic carbocycles. The minimum Gasteiger partial charge on any atom is -0.355 e. The molecule has 2 aliphatic rings. The van der Waals surface area contributed by atoms with Crippen LogP contribution < -0.4 is 16.0 Å². The molecule has 74 valence electrons. The van der Waals surface area contributed by atoms with Gasteiger partial charge in [-0.1, -0.05) is 0 Å². The minimum absolute atomic E-state index is 0.187. The molecule has 0 amide bonds. The molecule has 0 aromatic carbocycles. The Balaban J connectivity index is 1.94. The first-order chi connectivity index (χ1) is 6.18. The number of rotatable bonds is 1. The van der Waals surface area contributed by atoms with Crippen molar-refractivity contribution in [2.75, 3.05) is 19.6 Å². The van der Waals surface area contributed by atoms with E-state index in [2.05, 4.69) is 34.8 Å². The molecule has 3 N–H and O–H groups in total. The van der Waals surface area contributed by atoms with Crippen molar-refractivity contribution in [3.05, 3.63) is 0 Å². The highest BCUT2D eigenvalue weighted by molar-refractivity contribution is 5.81. The van der Waals surface area contributed by atoms with Gasteiger partial charge in [0.1, 0.15) is 0 Å². The van der Waals surface area contributed by atoms with Gasteiger partial charge < -0.3 is 16.0 Å². The van der Waals surface area contributed by atoms with Crippen LogP contribution in [0.15, 0.2) is 4.99 Å². The van der Waals surface area contributed by atoms with Gasteiger partial charge in [0.25, 0.3) is 0 Å². The Hall–Kier alpha value is -0.770. The maximum Gasteiger partial charge on any atom is 0.191 e. The van der Waals surface area contributed by atoms with Crippen LogP contribution in [0.4, 0.5) is 0 Å². The van der Waals surface area contributed by atoms with Crippen LogP contribution in [-0.4, -0.2) is 37.2 Å². The summed E-state index contributed by atoms with van der Waals surface area (Å²) in [4.78, 5) is 4.33. The highest BCUT2D eigenvalue weighted by Crippen LogP contribution is 2.18. The van der Waals surface area contributed by atoms with E-state index >= 15 is 0 Å². The summed E-state index contributed by atoms with van der Waals surface area (Å²) in [7, 11) is 0. The van der Waals surface area contributed by atoms with Crippen LogP contribution in [0, 0.1) is 0 Å². The molecule has 0 aromatic heterocycles. The largest absolute Gasteiger partial charge is 0.355 e. The molecule has 4 nitrogen and oxygen atoms in total. The minimum atomic E-state index is 0.187. The molecule has 1 saturated heterocycles. The third-order valence-corrected chi connectivity index (χ3v) is 2.87. The molecule has 0 spiro atoms. The summed E-state index contributed by atoms with van der Waals surface area (Å²) in [5.41, 5.74) is 0.187. The topological polar surface area (TPSA) is 48.5 Å². The van der Waals surface area contributed by atoms with Gasteiger partial charge >= 0.3 is 0 Å². The zero-order valence-electron chi connectivity index (χ0n) is 8.35. The Labute approximate surface area is 79.2 Å². The molecule has 13 heavy (non-hydrogen) atoms. The van der Waals surface area contributed by atoms with E-state index in [1.807, 2.05) is 0 Å². The Morgan fingerprint density at radius 1 is 1.46 bits per heavy atom. The van der Waals surface area contributed by atoms with Crippen molar-refractivity contribution >= 4 is 5.96 Å². The van der Waals surface area contributed by atoms with Crippen LogP contribution in [-0.2, 0) is 0 Å². The van der Waals surface area contributed by atoms with Gasteiger partial charge in [0.2, 0.25) is 0 Å². The van der Waals surface area contributed by atoms with Crippen LogP contribution in [0.25, 0.3) is 0 Å². The van der Waals surface area contributed by atoms with E-state index in [1.54, 1.807) is 0 Å². The van der Waals surface area contributed by atoms with Gasteiger partial charge in [-0.3, -0.25) is 4.99 Å². The van der Waals surface area contributed by atoms with E-state index in [0.29, 0.717) is 6.04 Å². The molecule has 2 aliphatic heterocycles. The number of aliphatic imine (C=N–C) groups is 1. The number of nitrogens with zero attached hydrogens (tertiary/aromatic N) is 1. The SMILES string of the molecule is CC1(C)NCCC1NC1=NCCN1. The van der Waals surface area contributed by atoms with Crippen molar-refractivity contribution in [1.29, 1.82) is 0 Å². The lowest BCUT2D eigenvalue weighted by Crippen LogP contribution is -2.52. The number of nitrogens with one attached hydrogen (secondary N) is 3. The zero-order valence-corrected chi connectivity index (χ0v) is 8.35. The quantitative estimate of drug-likeness (QED) is 0.521. The van der Waals surface area contributed by atoms with E-state index in [-0.39, 0.29) is 5.54 Å². The number of hydrogen-bond donors (Lipinski definition) is 3. The van der Waals surface area contributed by atoms with Crippen LogP contribution in [0.5, 0.6) is 0 Å². The number of guanidine groups is 1. The van der Waals surface area contributed by atoms with Crippen LogP contribution >= 0.6 is 0 Å². The third kappa shape index (κ3) is 1.77. The second kappa shape index (κ2) is 3.18. The Morgan fingerprint density at radius 3 is 2.85 bits per heavy atom. The maximum absolute atomic E-state index is 4.33. The lowest BCUT2D eigenvalue weighted by atomic mass is 9.97. The average molecular weight is 182 g/mol. The molecular weight excluding hydrogens is 164 g/mol. The zero-order chi connectivity index (χ0) is 9.31. The average Bonchev–Trinajstić information content (AvgIpc) is 2.63. The van der Waals surface area contributed by atoms with Gasteiger partial charge in [0.15, 0.2) is 5.96 Å². The van der Waals surface area contributed by atoms with Crippen molar-refractivity contribution < 1.29 is 0 Å². The molecule has 2 heterocycles. The number of hydrogen-bond acceptors (Lipinski definition) is 4. The Kier molecular flexibility index (Phi) is 2.15. The van der Waals surface area contributed by atoms with Crippen molar-refractivity contribution in [2.45, 2.75) is 31.8 Å². The van der Waals surface area contributed by atoms with Gasteiger partial charge in [-0.15, -0.1) is 0 Å². The highest BCUT2D eigenvalue weighted by atomic mass is 15.2. The van der Waals surface area contributed by atoms with E-state index in [9.17, 15) is 0 Å². The normalized spacial score (nSPS) is 31.2. The fourth-order valence-corrected chi connectivity index (χ4v) is 1.93. The second-order valence-electron chi connectivity index (χ2n) is 4.29.